The fraction of sp³-hybridized carbons (Fsp3) is 0.419. The number of rotatable bonds is 5. The van der Waals surface area contributed by atoms with Crippen LogP contribution in [0.15, 0.2) is 36.4 Å². The third-order valence-corrected chi connectivity index (χ3v) is 9.25. The molecule has 0 spiro atoms. The molecule has 0 saturated heterocycles. The quantitative estimate of drug-likeness (QED) is 0.363. The van der Waals surface area contributed by atoms with Crippen LogP contribution >= 0.6 is 0 Å². The third-order valence-electron chi connectivity index (χ3n) is 9.25. The number of likely N-dealkylation sites (N-methyl/N-ethyl adjacent to an activating group) is 1. The number of primary amides is 1. The van der Waals surface area contributed by atoms with Gasteiger partial charge in [-0.05, 0) is 61.7 Å². The highest BCUT2D eigenvalue weighted by molar-refractivity contribution is 6.33. The molecule has 3 aliphatic carbocycles. The number of benzene rings is 2. The summed E-state index contributed by atoms with van der Waals surface area (Å²) in [5.74, 6) is -9.88. The van der Waals surface area contributed by atoms with Crippen LogP contribution in [0.25, 0.3) is 11.1 Å². The Morgan fingerprint density at radius 1 is 1.12 bits per heavy atom. The fourth-order valence-electron chi connectivity index (χ4n) is 7.66. The number of phenolic OH excluding ortho intramolecular Hbond substituents is 1. The van der Waals surface area contributed by atoms with E-state index in [-0.39, 0.29) is 17.7 Å². The predicted molar refractivity (Wildman–Crippen MR) is 151 cm³/mol. The van der Waals surface area contributed by atoms with Crippen molar-refractivity contribution in [2.45, 2.75) is 49.7 Å². The summed E-state index contributed by atoms with van der Waals surface area (Å²) in [6, 6.07) is 11.0. The Hall–Kier alpha value is -4.24. The number of nitrogens with two attached hydrogens (primary N) is 3. The van der Waals surface area contributed by atoms with E-state index in [0.717, 1.165) is 24.0 Å². The Morgan fingerprint density at radius 2 is 1.81 bits per heavy atom. The SMILES string of the molecule is CCCc1cccc(-c2ccc(O)c3c2C[C@@]2(N)C[C@@]4(N)[C@H](N(C)C)C(=O)C(C(N)=O)C(=O)[C@@]4(C#N)C(=O)C2C3=O)c1. The van der Waals surface area contributed by atoms with Crippen molar-refractivity contribution in [3.05, 3.63) is 53.1 Å². The third kappa shape index (κ3) is 3.65. The van der Waals surface area contributed by atoms with Crippen LogP contribution in [0.3, 0.4) is 0 Å². The van der Waals surface area contributed by atoms with Gasteiger partial charge >= 0.3 is 0 Å². The molecule has 2 fully saturated rings. The van der Waals surface area contributed by atoms with Crippen molar-refractivity contribution in [3.63, 3.8) is 0 Å². The molecule has 11 nitrogen and oxygen atoms in total. The van der Waals surface area contributed by atoms with E-state index < -0.39 is 69.8 Å². The van der Waals surface area contributed by atoms with E-state index >= 15 is 0 Å². The number of ketones is 4. The van der Waals surface area contributed by atoms with Gasteiger partial charge in [0, 0.05) is 5.54 Å². The highest BCUT2D eigenvalue weighted by Gasteiger charge is 2.78. The minimum Gasteiger partial charge on any atom is -0.507 e. The van der Waals surface area contributed by atoms with Gasteiger partial charge in [-0.15, -0.1) is 0 Å². The number of nitriles is 1. The number of hydrogen-bond donors (Lipinski definition) is 4. The zero-order valence-corrected chi connectivity index (χ0v) is 23.6. The van der Waals surface area contributed by atoms with Crippen LogP contribution in [-0.2, 0) is 32.0 Å². The Bertz CT molecular complexity index is 1630. The summed E-state index contributed by atoms with van der Waals surface area (Å²) in [4.78, 5) is 69.6. The van der Waals surface area contributed by atoms with Gasteiger partial charge in [0.25, 0.3) is 0 Å². The van der Waals surface area contributed by atoms with Crippen LogP contribution in [0.2, 0.25) is 0 Å². The number of carbonyl (C=O) groups excluding carboxylic acids is 5. The van der Waals surface area contributed by atoms with Crippen LogP contribution < -0.4 is 17.2 Å². The lowest BCUT2D eigenvalue weighted by Crippen LogP contribution is -2.85. The molecule has 0 radical (unpaired) electrons. The summed E-state index contributed by atoms with van der Waals surface area (Å²) in [6.07, 6.45) is 1.18. The van der Waals surface area contributed by atoms with E-state index in [1.807, 2.05) is 24.3 Å². The number of Topliss-reactive ketones (excluding diaryl/α,β-unsaturated/α-hetero) is 4. The summed E-state index contributed by atoms with van der Waals surface area (Å²) in [6.45, 7) is 2.06. The molecule has 2 aromatic rings. The molecule has 1 amide bonds. The van der Waals surface area contributed by atoms with Gasteiger partial charge in [0.2, 0.25) is 5.91 Å². The molecule has 0 heterocycles. The first kappa shape index (κ1) is 29.3. The van der Waals surface area contributed by atoms with E-state index in [0.29, 0.717) is 11.1 Å². The minimum absolute atomic E-state index is 0.117. The smallest absolute Gasteiger partial charge is 0.235 e. The molecule has 7 N–H and O–H groups in total. The number of aromatic hydroxyl groups is 1. The van der Waals surface area contributed by atoms with Gasteiger partial charge in [0.05, 0.1) is 23.2 Å². The Labute approximate surface area is 242 Å². The molecule has 0 aromatic heterocycles. The average molecular weight is 572 g/mol. The lowest BCUT2D eigenvalue weighted by molar-refractivity contribution is -0.166. The van der Waals surface area contributed by atoms with Gasteiger partial charge in [-0.2, -0.15) is 5.26 Å². The van der Waals surface area contributed by atoms with Gasteiger partial charge in [-0.1, -0.05) is 43.7 Å². The topological polar surface area (TPSA) is 211 Å². The first-order valence-corrected chi connectivity index (χ1v) is 13.8. The molecule has 5 rings (SSSR count). The number of nitrogens with zero attached hydrogens (tertiary/aromatic N) is 2. The van der Waals surface area contributed by atoms with Gasteiger partial charge in [0.15, 0.2) is 34.5 Å². The summed E-state index contributed by atoms with van der Waals surface area (Å²) in [5.41, 5.74) is 15.3. The predicted octanol–water partition coefficient (Wildman–Crippen LogP) is 0.428. The number of carbonyl (C=O) groups is 5. The van der Waals surface area contributed by atoms with E-state index in [2.05, 4.69) is 6.92 Å². The normalized spacial score (nSPS) is 32.2. The van der Waals surface area contributed by atoms with Crippen LogP contribution in [0.5, 0.6) is 5.75 Å². The van der Waals surface area contributed by atoms with E-state index in [4.69, 9.17) is 17.2 Å². The highest BCUT2D eigenvalue weighted by atomic mass is 16.3. The van der Waals surface area contributed by atoms with Gasteiger partial charge < -0.3 is 22.3 Å². The van der Waals surface area contributed by atoms with Crippen molar-refractivity contribution in [1.29, 1.82) is 5.26 Å². The average Bonchev–Trinajstić information content (AvgIpc) is 2.88. The largest absolute Gasteiger partial charge is 0.507 e. The Balaban J connectivity index is 1.75. The van der Waals surface area contributed by atoms with Crippen LogP contribution in [0, 0.1) is 28.6 Å². The number of aryl methyl sites for hydroxylation is 1. The molecular weight excluding hydrogens is 538 g/mol. The second-order valence-electron chi connectivity index (χ2n) is 12.1. The van der Waals surface area contributed by atoms with Crippen molar-refractivity contribution >= 4 is 29.0 Å². The zero-order valence-electron chi connectivity index (χ0n) is 23.6. The van der Waals surface area contributed by atoms with Gasteiger partial charge in [-0.25, -0.2) is 0 Å². The van der Waals surface area contributed by atoms with Crippen LogP contribution in [-0.4, -0.2) is 70.3 Å². The van der Waals surface area contributed by atoms with Gasteiger partial charge in [0.1, 0.15) is 11.7 Å². The molecule has 3 aliphatic rings. The first-order chi connectivity index (χ1) is 19.7. The summed E-state index contributed by atoms with van der Waals surface area (Å²) < 4.78 is 0. The van der Waals surface area contributed by atoms with E-state index in [1.54, 1.807) is 12.1 Å². The molecule has 0 aliphatic heterocycles. The summed E-state index contributed by atoms with van der Waals surface area (Å²) in [5, 5.41) is 21.4. The maximum Gasteiger partial charge on any atom is 0.235 e. The monoisotopic (exact) mass is 571 g/mol. The number of amides is 1. The molecule has 2 aromatic carbocycles. The second-order valence-corrected chi connectivity index (χ2v) is 12.1. The number of hydrogen-bond acceptors (Lipinski definition) is 10. The van der Waals surface area contributed by atoms with Crippen molar-refractivity contribution in [2.75, 3.05) is 14.1 Å². The second kappa shape index (κ2) is 9.66. The van der Waals surface area contributed by atoms with Crippen LogP contribution in [0.4, 0.5) is 0 Å². The Kier molecular flexibility index (Phi) is 6.73. The lowest BCUT2D eigenvalue weighted by Gasteiger charge is -2.60. The van der Waals surface area contributed by atoms with Gasteiger partial charge in [-0.3, -0.25) is 28.9 Å². The molecule has 42 heavy (non-hydrogen) atoms. The first-order valence-electron chi connectivity index (χ1n) is 13.8. The molecule has 2 unspecified atom stereocenters. The van der Waals surface area contributed by atoms with Crippen molar-refractivity contribution in [2.24, 2.45) is 34.5 Å². The maximum absolute atomic E-state index is 14.4. The minimum atomic E-state index is -2.77. The van der Waals surface area contributed by atoms with Crippen molar-refractivity contribution < 1.29 is 29.1 Å². The fourth-order valence-corrected chi connectivity index (χ4v) is 7.66. The maximum atomic E-state index is 14.4. The lowest BCUT2D eigenvalue weighted by atomic mass is 9.42. The molecule has 11 heteroatoms. The van der Waals surface area contributed by atoms with Crippen LogP contribution in [0.1, 0.15) is 41.3 Å². The number of fused-ring (bicyclic) bond motifs is 3. The number of phenols is 1. The summed E-state index contributed by atoms with van der Waals surface area (Å²) in [7, 11) is 2.93. The van der Waals surface area contributed by atoms with E-state index in [9.17, 15) is 34.3 Å². The highest BCUT2D eigenvalue weighted by Crippen LogP contribution is 2.57. The van der Waals surface area contributed by atoms with E-state index in [1.165, 1.54) is 25.1 Å². The standard InChI is InChI=1S/C31H33N5O6/c1-4-6-15-7-5-8-16(11-15)17-9-10-19(37)20-18(17)12-29(34)13-31(35)25(36(2)3)24(39)21(28(33)42)26(40)30(31,14-32)27(41)22(29)23(20)38/h5,7-11,21-22,25,37H,4,6,12-13,34-35H2,1-3H3,(H2,33,42)/t21?,22?,25-,29-,30+,31-/m1/s1. The Morgan fingerprint density at radius 3 is 2.40 bits per heavy atom. The molecule has 0 bridgehead atoms. The van der Waals surface area contributed by atoms with Crippen molar-refractivity contribution in [1.82, 2.24) is 4.90 Å². The molecule has 2 saturated carbocycles. The summed E-state index contributed by atoms with van der Waals surface area (Å²) >= 11 is 0. The molecular formula is C31H33N5O6. The molecule has 6 atom stereocenters. The zero-order chi connectivity index (χ0) is 30.9. The van der Waals surface area contributed by atoms with Crippen molar-refractivity contribution in [3.8, 4) is 22.9 Å². The molecule has 218 valence electrons.